The van der Waals surface area contributed by atoms with E-state index in [2.05, 4.69) is 32.0 Å². The van der Waals surface area contributed by atoms with E-state index in [4.69, 9.17) is 30.5 Å². The van der Waals surface area contributed by atoms with Crippen molar-refractivity contribution >= 4 is 17.9 Å². The van der Waals surface area contributed by atoms with Gasteiger partial charge >= 0.3 is 0 Å². The lowest BCUT2D eigenvalue weighted by Crippen LogP contribution is -2.65. The van der Waals surface area contributed by atoms with Crippen LogP contribution in [0.25, 0.3) is 0 Å². The zero-order valence-electron chi connectivity index (χ0n) is 22.4. The van der Waals surface area contributed by atoms with Gasteiger partial charge in [0.15, 0.2) is 6.29 Å². The van der Waals surface area contributed by atoms with Gasteiger partial charge in [0.2, 0.25) is 0 Å². The highest BCUT2D eigenvalue weighted by atomic mass is 35.5. The molecular weight excluding hydrogens is 488 g/mol. The van der Waals surface area contributed by atoms with Crippen molar-refractivity contribution in [1.29, 1.82) is 0 Å². The molecule has 1 aliphatic carbocycles. The Morgan fingerprint density at radius 3 is 2.30 bits per heavy atom. The molecule has 1 saturated heterocycles. The Hall–Kier alpha value is -1.92. The van der Waals surface area contributed by atoms with E-state index in [0.29, 0.717) is 31.3 Å². The van der Waals surface area contributed by atoms with Crippen molar-refractivity contribution < 1.29 is 23.7 Å². The number of aldehydes is 1. The van der Waals surface area contributed by atoms with Gasteiger partial charge in [-0.1, -0.05) is 62.6 Å². The van der Waals surface area contributed by atoms with Crippen LogP contribution >= 0.6 is 11.6 Å². The molecule has 202 valence electrons. The molecule has 5 atom stereocenters. The van der Waals surface area contributed by atoms with Crippen molar-refractivity contribution in [2.45, 2.75) is 89.6 Å². The van der Waals surface area contributed by atoms with Crippen LogP contribution in [0.5, 0.6) is 5.75 Å². The Morgan fingerprint density at radius 2 is 1.70 bits per heavy atom. The monoisotopic (exact) mass is 528 g/mol. The second-order valence-electron chi connectivity index (χ2n) is 10.2. The van der Waals surface area contributed by atoms with Crippen LogP contribution in [0.1, 0.15) is 82.1 Å². The van der Waals surface area contributed by atoms with Gasteiger partial charge in [0.25, 0.3) is 0 Å². The molecule has 1 saturated carbocycles. The fourth-order valence-corrected chi connectivity index (χ4v) is 5.62. The molecular formula is C31H41ClO5. The number of halogens is 1. The van der Waals surface area contributed by atoms with Gasteiger partial charge in [0.05, 0.1) is 12.7 Å². The third-order valence-corrected chi connectivity index (χ3v) is 8.05. The number of benzene rings is 2. The third kappa shape index (κ3) is 6.39. The molecule has 2 aromatic rings. The highest BCUT2D eigenvalue weighted by molar-refractivity contribution is 6.31. The molecule has 2 fully saturated rings. The van der Waals surface area contributed by atoms with Gasteiger partial charge in [-0.15, -0.1) is 0 Å². The summed E-state index contributed by atoms with van der Waals surface area (Å²) in [6.45, 7) is 8.24. The molecule has 0 radical (unpaired) electrons. The van der Waals surface area contributed by atoms with Crippen LogP contribution in [0.15, 0.2) is 42.5 Å². The number of fused-ring (bicyclic) bond motifs is 1. The summed E-state index contributed by atoms with van der Waals surface area (Å²) in [6.07, 6.45) is 6.54. The molecule has 0 bridgehead atoms. The lowest BCUT2D eigenvalue weighted by Gasteiger charge is -2.57. The van der Waals surface area contributed by atoms with Crippen LogP contribution in [0.3, 0.4) is 0 Å². The summed E-state index contributed by atoms with van der Waals surface area (Å²) in [6, 6.07) is 14.2. The molecule has 6 heteroatoms. The lowest BCUT2D eigenvalue weighted by atomic mass is 9.63. The van der Waals surface area contributed by atoms with E-state index in [1.54, 1.807) is 0 Å². The van der Waals surface area contributed by atoms with Gasteiger partial charge in [0, 0.05) is 24.2 Å². The standard InChI is InChI=1S/C31H41ClO5/c1-4-7-17-35-29-26-15-16-31(26,21-33)37-28(30(29)36-18-8-5-2)23-11-14-27(32)24(20-23)19-22-9-12-25(13-10-22)34-6-3/h9-14,20-21,26,28-30H,4-8,15-19H2,1-3H3/t26-,28+,29+,30+,31+/m1/s1. The van der Waals surface area contributed by atoms with E-state index in [9.17, 15) is 4.79 Å². The van der Waals surface area contributed by atoms with E-state index in [1.807, 2.05) is 31.2 Å². The molecule has 0 amide bonds. The summed E-state index contributed by atoms with van der Waals surface area (Å²) in [5.74, 6) is 0.887. The SMILES string of the molecule is CCCCO[C@@H]1[C@@H](OCCCC)[C@H](c2ccc(Cl)c(Cc3ccc(OCC)cc3)c2)O[C@]2(C=O)CC[C@H]12. The zero-order chi connectivity index (χ0) is 26.3. The average Bonchev–Trinajstić information content (AvgIpc) is 2.89. The Kier molecular flexibility index (Phi) is 10.1. The molecule has 2 aromatic carbocycles. The van der Waals surface area contributed by atoms with Crippen molar-refractivity contribution in [2.24, 2.45) is 5.92 Å². The van der Waals surface area contributed by atoms with E-state index in [1.165, 1.54) is 0 Å². The van der Waals surface area contributed by atoms with E-state index in [0.717, 1.165) is 67.3 Å². The number of ether oxygens (including phenoxy) is 4. The number of hydrogen-bond acceptors (Lipinski definition) is 5. The Morgan fingerprint density at radius 1 is 1.00 bits per heavy atom. The first-order chi connectivity index (χ1) is 18.0. The number of carbonyl (C=O) groups excluding carboxylic acids is 1. The average molecular weight is 529 g/mol. The van der Waals surface area contributed by atoms with Gasteiger partial charge in [0.1, 0.15) is 23.6 Å². The van der Waals surface area contributed by atoms with Crippen molar-refractivity contribution in [3.63, 3.8) is 0 Å². The molecule has 0 spiro atoms. The summed E-state index contributed by atoms with van der Waals surface area (Å²) >= 11 is 6.66. The Bertz CT molecular complexity index is 1010. The quantitative estimate of drug-likeness (QED) is 0.193. The highest BCUT2D eigenvalue weighted by Gasteiger charge is 2.61. The predicted molar refractivity (Wildman–Crippen MR) is 147 cm³/mol. The van der Waals surface area contributed by atoms with Gasteiger partial charge in [-0.05, 0) is 73.9 Å². The van der Waals surface area contributed by atoms with Gasteiger partial charge in [-0.3, -0.25) is 0 Å². The minimum atomic E-state index is -0.804. The van der Waals surface area contributed by atoms with Gasteiger partial charge in [-0.2, -0.15) is 0 Å². The summed E-state index contributed by atoms with van der Waals surface area (Å²) in [7, 11) is 0. The topological polar surface area (TPSA) is 54.0 Å². The lowest BCUT2D eigenvalue weighted by molar-refractivity contribution is -0.289. The number of carbonyl (C=O) groups is 1. The normalized spacial score (nSPS) is 26.8. The van der Waals surface area contributed by atoms with E-state index >= 15 is 0 Å². The highest BCUT2D eigenvalue weighted by Crippen LogP contribution is 2.53. The van der Waals surface area contributed by atoms with Crippen LogP contribution in [-0.2, 0) is 25.4 Å². The van der Waals surface area contributed by atoms with Crippen LogP contribution in [0.4, 0.5) is 0 Å². The van der Waals surface area contributed by atoms with Crippen LogP contribution in [-0.4, -0.2) is 43.9 Å². The predicted octanol–water partition coefficient (Wildman–Crippen LogP) is 7.12. The minimum Gasteiger partial charge on any atom is -0.494 e. The molecule has 2 aliphatic rings. The summed E-state index contributed by atoms with van der Waals surface area (Å²) in [4.78, 5) is 12.3. The molecule has 1 aliphatic heterocycles. The maximum atomic E-state index is 12.3. The first kappa shape index (κ1) is 28.1. The van der Waals surface area contributed by atoms with Crippen molar-refractivity contribution in [1.82, 2.24) is 0 Å². The minimum absolute atomic E-state index is 0.0281. The van der Waals surface area contributed by atoms with Gasteiger partial charge < -0.3 is 23.7 Å². The van der Waals surface area contributed by atoms with Crippen molar-refractivity contribution in [3.05, 3.63) is 64.2 Å². The van der Waals surface area contributed by atoms with Gasteiger partial charge in [-0.25, -0.2) is 0 Å². The number of hydrogen-bond donors (Lipinski definition) is 0. The Labute approximate surface area is 226 Å². The maximum Gasteiger partial charge on any atom is 0.152 e. The number of unbranched alkanes of at least 4 members (excludes halogenated alkanes) is 2. The molecule has 4 rings (SSSR count). The molecule has 5 nitrogen and oxygen atoms in total. The third-order valence-electron chi connectivity index (χ3n) is 7.68. The van der Waals surface area contributed by atoms with Crippen molar-refractivity contribution in [2.75, 3.05) is 19.8 Å². The summed E-state index contributed by atoms with van der Waals surface area (Å²) in [5.41, 5.74) is 2.33. The molecule has 37 heavy (non-hydrogen) atoms. The first-order valence-corrected chi connectivity index (χ1v) is 14.3. The largest absolute Gasteiger partial charge is 0.494 e. The van der Waals surface area contributed by atoms with Crippen LogP contribution in [0.2, 0.25) is 5.02 Å². The Balaban J connectivity index is 1.63. The van der Waals surface area contributed by atoms with Crippen molar-refractivity contribution in [3.8, 4) is 5.75 Å². The zero-order valence-corrected chi connectivity index (χ0v) is 23.2. The first-order valence-electron chi connectivity index (χ1n) is 13.9. The summed E-state index contributed by atoms with van der Waals surface area (Å²) in [5, 5.41) is 0.708. The van der Waals surface area contributed by atoms with Crippen LogP contribution in [0, 0.1) is 5.92 Å². The van der Waals surface area contributed by atoms with E-state index in [-0.39, 0.29) is 18.1 Å². The second kappa shape index (κ2) is 13.2. The number of rotatable bonds is 14. The molecule has 1 heterocycles. The fourth-order valence-electron chi connectivity index (χ4n) is 5.44. The smallest absolute Gasteiger partial charge is 0.152 e. The second-order valence-corrected chi connectivity index (χ2v) is 10.6. The molecule has 0 N–H and O–H groups in total. The molecule has 0 aromatic heterocycles. The summed E-state index contributed by atoms with van der Waals surface area (Å²) < 4.78 is 25.2. The van der Waals surface area contributed by atoms with Crippen LogP contribution < -0.4 is 4.74 Å². The molecule has 0 unspecified atom stereocenters. The maximum absolute atomic E-state index is 12.3. The van der Waals surface area contributed by atoms with E-state index < -0.39 is 11.7 Å². The fraction of sp³-hybridized carbons (Fsp3) is 0.581.